The summed E-state index contributed by atoms with van der Waals surface area (Å²) in [5, 5.41) is 3.29. The molecule has 1 saturated heterocycles. The summed E-state index contributed by atoms with van der Waals surface area (Å²) in [6.07, 6.45) is 2.15. The molecule has 1 aliphatic heterocycles. The number of carbonyl (C=O) groups is 2. The summed E-state index contributed by atoms with van der Waals surface area (Å²) in [4.78, 5) is 24.0. The quantitative estimate of drug-likeness (QED) is 0.743. The van der Waals surface area contributed by atoms with Crippen molar-refractivity contribution in [3.05, 3.63) is 46.7 Å². The lowest BCUT2D eigenvalue weighted by molar-refractivity contribution is -0.120. The number of benzene rings is 1. The molecule has 2 heterocycles. The smallest absolute Gasteiger partial charge is 0.265 e. The van der Waals surface area contributed by atoms with Crippen LogP contribution in [-0.4, -0.2) is 42.2 Å². The molecule has 0 unspecified atom stereocenters. The van der Waals surface area contributed by atoms with Gasteiger partial charge in [0, 0.05) is 32.3 Å². The fraction of sp³-hybridized carbons (Fsp3) is 0.368. The van der Waals surface area contributed by atoms with Crippen LogP contribution in [0, 0.1) is 12.8 Å². The van der Waals surface area contributed by atoms with E-state index in [4.69, 9.17) is 17.3 Å². The minimum absolute atomic E-state index is 0.0168. The van der Waals surface area contributed by atoms with Gasteiger partial charge in [0.1, 0.15) is 10.6 Å². The van der Waals surface area contributed by atoms with Crippen molar-refractivity contribution >= 4 is 39.1 Å². The third-order valence-electron chi connectivity index (χ3n) is 5.08. The fourth-order valence-electron chi connectivity index (χ4n) is 3.38. The normalized spacial score (nSPS) is 16.0. The summed E-state index contributed by atoms with van der Waals surface area (Å²) in [6, 6.07) is 6.65. The first-order chi connectivity index (χ1) is 13.6. The Hall–Kier alpha value is -2.36. The maximum absolute atomic E-state index is 12.9. The standard InChI is InChI=1S/C19H23ClN4O4S/c1-12-3-4-16(15(20)9-12)22-19(26)13-5-7-24(8-6-13)29(27,28)14-10-17(18(21)25)23(2)11-14/h3-4,9-11,13H,5-8H2,1-2H3,(H2,21,25)(H,22,26). The lowest BCUT2D eigenvalue weighted by atomic mass is 9.97. The van der Waals surface area contributed by atoms with E-state index in [0.29, 0.717) is 23.6 Å². The topological polar surface area (TPSA) is 114 Å². The number of carbonyl (C=O) groups excluding carboxylic acids is 2. The number of aromatic nitrogens is 1. The Morgan fingerprint density at radius 1 is 1.21 bits per heavy atom. The second-order valence-corrected chi connectivity index (χ2v) is 9.53. The molecule has 8 nitrogen and oxygen atoms in total. The van der Waals surface area contributed by atoms with Crippen molar-refractivity contribution in [1.82, 2.24) is 8.87 Å². The molecule has 1 fully saturated rings. The van der Waals surface area contributed by atoms with E-state index < -0.39 is 15.9 Å². The zero-order chi connectivity index (χ0) is 21.3. The number of hydrogen-bond acceptors (Lipinski definition) is 4. The van der Waals surface area contributed by atoms with Crippen LogP contribution in [0.2, 0.25) is 5.02 Å². The van der Waals surface area contributed by atoms with E-state index in [1.54, 1.807) is 19.2 Å². The zero-order valence-electron chi connectivity index (χ0n) is 16.2. The van der Waals surface area contributed by atoms with Gasteiger partial charge in [-0.25, -0.2) is 8.42 Å². The van der Waals surface area contributed by atoms with Crippen LogP contribution in [0.4, 0.5) is 5.69 Å². The third kappa shape index (κ3) is 4.47. The molecule has 1 aliphatic rings. The summed E-state index contributed by atoms with van der Waals surface area (Å²) in [5.41, 5.74) is 6.91. The number of halogens is 1. The van der Waals surface area contributed by atoms with E-state index in [-0.39, 0.29) is 35.5 Å². The highest BCUT2D eigenvalue weighted by atomic mass is 35.5. The summed E-state index contributed by atoms with van der Waals surface area (Å²) >= 11 is 6.16. The van der Waals surface area contributed by atoms with Crippen LogP contribution in [0.1, 0.15) is 28.9 Å². The van der Waals surface area contributed by atoms with Gasteiger partial charge in [0.05, 0.1) is 10.7 Å². The molecular weight excluding hydrogens is 416 g/mol. The van der Waals surface area contributed by atoms with E-state index >= 15 is 0 Å². The molecule has 0 bridgehead atoms. The average molecular weight is 439 g/mol. The van der Waals surface area contributed by atoms with Gasteiger partial charge in [-0.3, -0.25) is 9.59 Å². The number of aryl methyl sites for hydroxylation is 2. The minimum Gasteiger partial charge on any atom is -0.364 e. The molecule has 156 valence electrons. The molecule has 3 rings (SSSR count). The van der Waals surface area contributed by atoms with Gasteiger partial charge in [0.25, 0.3) is 5.91 Å². The number of amides is 2. The van der Waals surface area contributed by atoms with Gasteiger partial charge in [-0.2, -0.15) is 4.31 Å². The predicted octanol–water partition coefficient (Wildman–Crippen LogP) is 2.13. The lowest BCUT2D eigenvalue weighted by Crippen LogP contribution is -2.41. The Kier molecular flexibility index (Phi) is 6.02. The molecule has 1 aromatic carbocycles. The maximum atomic E-state index is 12.9. The van der Waals surface area contributed by atoms with Crippen LogP contribution in [0.15, 0.2) is 35.4 Å². The van der Waals surface area contributed by atoms with Crippen LogP contribution in [0.5, 0.6) is 0 Å². The SMILES string of the molecule is Cc1ccc(NC(=O)C2CCN(S(=O)(=O)c3cc(C(N)=O)n(C)c3)CC2)c(Cl)c1. The molecule has 1 aromatic heterocycles. The van der Waals surface area contributed by atoms with Crippen LogP contribution >= 0.6 is 11.6 Å². The molecule has 29 heavy (non-hydrogen) atoms. The van der Waals surface area contributed by atoms with Gasteiger partial charge in [-0.15, -0.1) is 0 Å². The molecule has 3 N–H and O–H groups in total. The van der Waals surface area contributed by atoms with Gasteiger partial charge in [-0.05, 0) is 43.5 Å². The van der Waals surface area contributed by atoms with E-state index in [9.17, 15) is 18.0 Å². The van der Waals surface area contributed by atoms with Crippen LogP contribution in [-0.2, 0) is 21.9 Å². The molecule has 10 heteroatoms. The van der Waals surface area contributed by atoms with Crippen molar-refractivity contribution in [1.29, 1.82) is 0 Å². The number of rotatable bonds is 5. The Labute approximate surface area is 174 Å². The van der Waals surface area contributed by atoms with Crippen molar-refractivity contribution in [2.45, 2.75) is 24.7 Å². The Bertz CT molecular complexity index is 1060. The molecule has 0 radical (unpaired) electrons. The second-order valence-electron chi connectivity index (χ2n) is 7.19. The molecule has 0 aliphatic carbocycles. The van der Waals surface area contributed by atoms with Crippen LogP contribution in [0.3, 0.4) is 0 Å². The molecule has 0 saturated carbocycles. The van der Waals surface area contributed by atoms with Gasteiger partial charge in [-0.1, -0.05) is 17.7 Å². The number of hydrogen-bond donors (Lipinski definition) is 2. The number of primary amides is 1. The lowest BCUT2D eigenvalue weighted by Gasteiger charge is -2.30. The summed E-state index contributed by atoms with van der Waals surface area (Å²) < 4.78 is 28.4. The van der Waals surface area contributed by atoms with Gasteiger partial charge in [0.2, 0.25) is 15.9 Å². The first-order valence-corrected chi connectivity index (χ1v) is 10.9. The van der Waals surface area contributed by atoms with Crippen LogP contribution in [0.25, 0.3) is 0 Å². The number of nitrogens with one attached hydrogen (secondary N) is 1. The van der Waals surface area contributed by atoms with E-state index in [1.807, 2.05) is 13.0 Å². The average Bonchev–Trinajstić information content (AvgIpc) is 3.07. The van der Waals surface area contributed by atoms with Crippen molar-refractivity contribution in [2.75, 3.05) is 18.4 Å². The maximum Gasteiger partial charge on any atom is 0.265 e. The van der Waals surface area contributed by atoms with Crippen molar-refractivity contribution in [2.24, 2.45) is 18.7 Å². The number of nitrogens with two attached hydrogens (primary N) is 1. The number of sulfonamides is 1. The van der Waals surface area contributed by atoms with Gasteiger partial charge < -0.3 is 15.6 Å². The van der Waals surface area contributed by atoms with Gasteiger partial charge in [0.15, 0.2) is 0 Å². The Morgan fingerprint density at radius 2 is 1.86 bits per heavy atom. The monoisotopic (exact) mass is 438 g/mol. The molecule has 0 spiro atoms. The highest BCUT2D eigenvalue weighted by Gasteiger charge is 2.33. The Balaban J connectivity index is 1.65. The van der Waals surface area contributed by atoms with Crippen molar-refractivity contribution in [3.63, 3.8) is 0 Å². The zero-order valence-corrected chi connectivity index (χ0v) is 17.8. The second kappa shape index (κ2) is 8.17. The molecular formula is C19H23ClN4O4S. The number of anilines is 1. The number of nitrogens with zero attached hydrogens (tertiary/aromatic N) is 2. The first kappa shape index (κ1) is 21.4. The predicted molar refractivity (Wildman–Crippen MR) is 110 cm³/mol. The Morgan fingerprint density at radius 3 is 2.41 bits per heavy atom. The number of piperidine rings is 1. The molecule has 0 atom stereocenters. The molecule has 2 amide bonds. The highest BCUT2D eigenvalue weighted by Crippen LogP contribution is 2.28. The summed E-state index contributed by atoms with van der Waals surface area (Å²) in [7, 11) is -2.20. The third-order valence-corrected chi connectivity index (χ3v) is 7.25. The fourth-order valence-corrected chi connectivity index (χ4v) is 5.21. The minimum atomic E-state index is -3.76. The van der Waals surface area contributed by atoms with Gasteiger partial charge >= 0.3 is 0 Å². The van der Waals surface area contributed by atoms with Crippen LogP contribution < -0.4 is 11.1 Å². The van der Waals surface area contributed by atoms with E-state index in [0.717, 1.165) is 5.56 Å². The van der Waals surface area contributed by atoms with E-state index in [2.05, 4.69) is 5.32 Å². The first-order valence-electron chi connectivity index (χ1n) is 9.13. The highest BCUT2D eigenvalue weighted by molar-refractivity contribution is 7.89. The van der Waals surface area contributed by atoms with Crippen molar-refractivity contribution in [3.8, 4) is 0 Å². The van der Waals surface area contributed by atoms with E-state index in [1.165, 1.54) is 21.1 Å². The largest absolute Gasteiger partial charge is 0.364 e. The summed E-state index contributed by atoms with van der Waals surface area (Å²) in [6.45, 7) is 2.33. The molecule has 2 aromatic rings. The van der Waals surface area contributed by atoms with Crippen molar-refractivity contribution < 1.29 is 18.0 Å². The summed E-state index contributed by atoms with van der Waals surface area (Å²) in [5.74, 6) is -1.18.